The summed E-state index contributed by atoms with van der Waals surface area (Å²) in [5, 5.41) is 0. The Bertz CT molecular complexity index is 811. The molecule has 150 valence electrons. The summed E-state index contributed by atoms with van der Waals surface area (Å²) in [5.74, 6) is -0.260. The number of hydrogen-bond acceptors (Lipinski definition) is 4. The molecule has 0 radical (unpaired) electrons. The number of hydrogen-bond donors (Lipinski definition) is 2. The summed E-state index contributed by atoms with van der Waals surface area (Å²) in [5.41, 5.74) is 5.44. The van der Waals surface area contributed by atoms with Crippen molar-refractivity contribution in [2.45, 2.75) is 32.6 Å². The molecule has 2 amide bonds. The van der Waals surface area contributed by atoms with E-state index in [-0.39, 0.29) is 18.7 Å². The maximum absolute atomic E-state index is 13.6. The SMILES string of the molecule is CCCCOc1ccc(C(=O)NNC(=O)CCc2ccccc2F)cc1OC. The number of carbonyl (C=O) groups excluding carboxylic acids is 2. The molecule has 0 fully saturated rings. The van der Waals surface area contributed by atoms with Crippen LogP contribution in [0.25, 0.3) is 0 Å². The van der Waals surface area contributed by atoms with Crippen molar-refractivity contribution in [2.24, 2.45) is 0 Å². The Morgan fingerprint density at radius 3 is 2.57 bits per heavy atom. The molecule has 2 aromatic carbocycles. The van der Waals surface area contributed by atoms with Gasteiger partial charge in [0.1, 0.15) is 5.82 Å². The van der Waals surface area contributed by atoms with E-state index >= 15 is 0 Å². The first-order valence-corrected chi connectivity index (χ1v) is 9.18. The third-order valence-electron chi connectivity index (χ3n) is 4.08. The number of amides is 2. The van der Waals surface area contributed by atoms with E-state index < -0.39 is 11.8 Å². The molecule has 0 atom stereocenters. The van der Waals surface area contributed by atoms with Gasteiger partial charge in [-0.25, -0.2) is 4.39 Å². The average molecular weight is 388 g/mol. The summed E-state index contributed by atoms with van der Waals surface area (Å²) in [6.45, 7) is 2.63. The number of hydrazine groups is 1. The number of nitrogens with one attached hydrogen (secondary N) is 2. The van der Waals surface area contributed by atoms with Gasteiger partial charge < -0.3 is 9.47 Å². The summed E-state index contributed by atoms with van der Waals surface area (Å²) in [7, 11) is 1.49. The lowest BCUT2D eigenvalue weighted by Crippen LogP contribution is -2.41. The van der Waals surface area contributed by atoms with Gasteiger partial charge in [0.15, 0.2) is 11.5 Å². The number of aryl methyl sites for hydroxylation is 1. The Morgan fingerprint density at radius 1 is 1.07 bits per heavy atom. The zero-order chi connectivity index (χ0) is 20.4. The molecule has 0 aliphatic rings. The summed E-state index contributed by atoms with van der Waals surface area (Å²) in [4.78, 5) is 24.1. The van der Waals surface area contributed by atoms with Crippen molar-refractivity contribution in [1.29, 1.82) is 0 Å². The zero-order valence-electron chi connectivity index (χ0n) is 16.1. The van der Waals surface area contributed by atoms with Gasteiger partial charge in [0.2, 0.25) is 5.91 Å². The van der Waals surface area contributed by atoms with Crippen LogP contribution in [0.2, 0.25) is 0 Å². The largest absolute Gasteiger partial charge is 0.493 e. The molecule has 28 heavy (non-hydrogen) atoms. The van der Waals surface area contributed by atoms with Crippen LogP contribution < -0.4 is 20.3 Å². The molecule has 0 unspecified atom stereocenters. The van der Waals surface area contributed by atoms with Crippen molar-refractivity contribution >= 4 is 11.8 Å². The lowest BCUT2D eigenvalue weighted by atomic mass is 10.1. The minimum atomic E-state index is -0.488. The van der Waals surface area contributed by atoms with Crippen molar-refractivity contribution in [3.05, 3.63) is 59.4 Å². The third-order valence-corrected chi connectivity index (χ3v) is 4.08. The van der Waals surface area contributed by atoms with Crippen molar-refractivity contribution in [2.75, 3.05) is 13.7 Å². The maximum atomic E-state index is 13.6. The first-order chi connectivity index (χ1) is 13.5. The Hall–Kier alpha value is -3.09. The standard InChI is InChI=1S/C21H25FN2O4/c1-3-4-13-28-18-11-9-16(14-19(18)27-2)21(26)24-23-20(25)12-10-15-7-5-6-8-17(15)22/h5-9,11,14H,3-4,10,12-13H2,1-2H3,(H,23,25)(H,24,26). The van der Waals surface area contributed by atoms with E-state index in [0.29, 0.717) is 29.2 Å². The number of benzene rings is 2. The molecular formula is C21H25FN2O4. The zero-order valence-corrected chi connectivity index (χ0v) is 16.1. The first kappa shape index (κ1) is 21.2. The first-order valence-electron chi connectivity index (χ1n) is 9.18. The molecule has 0 aliphatic heterocycles. The van der Waals surface area contributed by atoms with E-state index in [1.807, 2.05) is 0 Å². The maximum Gasteiger partial charge on any atom is 0.269 e. The molecule has 0 aromatic heterocycles. The molecule has 0 saturated heterocycles. The van der Waals surface area contributed by atoms with E-state index in [2.05, 4.69) is 17.8 Å². The molecule has 0 bridgehead atoms. The molecule has 2 rings (SSSR count). The molecule has 2 aromatic rings. The molecule has 2 N–H and O–H groups in total. The van der Waals surface area contributed by atoms with Gasteiger partial charge in [0.25, 0.3) is 5.91 Å². The highest BCUT2D eigenvalue weighted by Crippen LogP contribution is 2.28. The minimum absolute atomic E-state index is 0.0503. The smallest absolute Gasteiger partial charge is 0.269 e. The van der Waals surface area contributed by atoms with Crippen molar-refractivity contribution in [1.82, 2.24) is 10.9 Å². The van der Waals surface area contributed by atoms with Crippen LogP contribution in [0, 0.1) is 5.82 Å². The predicted octanol–water partition coefficient (Wildman–Crippen LogP) is 3.41. The summed E-state index contributed by atoms with van der Waals surface area (Å²) >= 11 is 0. The number of ether oxygens (including phenoxy) is 2. The monoisotopic (exact) mass is 388 g/mol. The van der Waals surface area contributed by atoms with Gasteiger partial charge in [-0.3, -0.25) is 20.4 Å². The Morgan fingerprint density at radius 2 is 1.86 bits per heavy atom. The number of rotatable bonds is 9. The van der Waals surface area contributed by atoms with Crippen LogP contribution in [0.4, 0.5) is 4.39 Å². The summed E-state index contributed by atoms with van der Waals surface area (Å²) in [6.07, 6.45) is 2.23. The van der Waals surface area contributed by atoms with Crippen LogP contribution in [0.3, 0.4) is 0 Å². The number of halogens is 1. The van der Waals surface area contributed by atoms with Gasteiger partial charge in [-0.2, -0.15) is 0 Å². The summed E-state index contributed by atoms with van der Waals surface area (Å²) < 4.78 is 24.4. The number of methoxy groups -OCH3 is 1. The highest BCUT2D eigenvalue weighted by molar-refractivity contribution is 5.96. The highest BCUT2D eigenvalue weighted by Gasteiger charge is 2.12. The minimum Gasteiger partial charge on any atom is -0.493 e. The van der Waals surface area contributed by atoms with Crippen LogP contribution in [0.1, 0.15) is 42.1 Å². The van der Waals surface area contributed by atoms with Gasteiger partial charge in [-0.15, -0.1) is 0 Å². The van der Waals surface area contributed by atoms with Gasteiger partial charge in [0, 0.05) is 12.0 Å². The van der Waals surface area contributed by atoms with Crippen LogP contribution in [0.15, 0.2) is 42.5 Å². The fourth-order valence-electron chi connectivity index (χ4n) is 2.47. The average Bonchev–Trinajstić information content (AvgIpc) is 2.71. The quantitative estimate of drug-likeness (QED) is 0.510. The van der Waals surface area contributed by atoms with E-state index in [1.54, 1.807) is 36.4 Å². The highest BCUT2D eigenvalue weighted by atomic mass is 19.1. The van der Waals surface area contributed by atoms with Gasteiger partial charge in [0.05, 0.1) is 13.7 Å². The number of carbonyl (C=O) groups is 2. The Labute approximate surface area is 164 Å². The summed E-state index contributed by atoms with van der Waals surface area (Å²) in [6, 6.07) is 11.1. The third kappa shape index (κ3) is 6.26. The molecule has 0 aliphatic carbocycles. The normalized spacial score (nSPS) is 10.2. The predicted molar refractivity (Wildman–Crippen MR) is 104 cm³/mol. The lowest BCUT2D eigenvalue weighted by molar-refractivity contribution is -0.121. The second-order valence-corrected chi connectivity index (χ2v) is 6.16. The van der Waals surface area contributed by atoms with Gasteiger partial charge >= 0.3 is 0 Å². The van der Waals surface area contributed by atoms with E-state index in [1.165, 1.54) is 13.2 Å². The Balaban J connectivity index is 1.86. The van der Waals surface area contributed by atoms with Crippen LogP contribution >= 0.6 is 0 Å². The van der Waals surface area contributed by atoms with Crippen molar-refractivity contribution in [3.8, 4) is 11.5 Å². The van der Waals surface area contributed by atoms with E-state index in [0.717, 1.165) is 12.8 Å². The van der Waals surface area contributed by atoms with Crippen LogP contribution in [-0.4, -0.2) is 25.5 Å². The second kappa shape index (κ2) is 10.9. The van der Waals surface area contributed by atoms with Gasteiger partial charge in [-0.1, -0.05) is 31.5 Å². The Kier molecular flexibility index (Phi) is 8.27. The lowest BCUT2D eigenvalue weighted by Gasteiger charge is -2.12. The van der Waals surface area contributed by atoms with Crippen LogP contribution in [-0.2, 0) is 11.2 Å². The fourth-order valence-corrected chi connectivity index (χ4v) is 2.47. The van der Waals surface area contributed by atoms with E-state index in [9.17, 15) is 14.0 Å². The van der Waals surface area contributed by atoms with Crippen LogP contribution in [0.5, 0.6) is 11.5 Å². The molecule has 0 spiro atoms. The molecule has 0 heterocycles. The fraction of sp³-hybridized carbons (Fsp3) is 0.333. The molecule has 7 heteroatoms. The second-order valence-electron chi connectivity index (χ2n) is 6.16. The topological polar surface area (TPSA) is 76.7 Å². The molecule has 6 nitrogen and oxygen atoms in total. The number of unbranched alkanes of at least 4 members (excludes halogenated alkanes) is 1. The molecule has 0 saturated carbocycles. The van der Waals surface area contributed by atoms with E-state index in [4.69, 9.17) is 9.47 Å². The van der Waals surface area contributed by atoms with Crippen molar-refractivity contribution in [3.63, 3.8) is 0 Å². The molecular weight excluding hydrogens is 363 g/mol. The van der Waals surface area contributed by atoms with Crippen molar-refractivity contribution < 1.29 is 23.5 Å². The van der Waals surface area contributed by atoms with Gasteiger partial charge in [-0.05, 0) is 42.7 Å².